The maximum atomic E-state index is 12.6. The zero-order chi connectivity index (χ0) is 17.4. The van der Waals surface area contributed by atoms with Crippen molar-refractivity contribution in [1.29, 1.82) is 0 Å². The smallest absolute Gasteiger partial charge is 0.251 e. The molecule has 0 saturated carbocycles. The number of hydrogen-bond acceptors (Lipinski definition) is 5. The van der Waals surface area contributed by atoms with E-state index in [1.54, 1.807) is 18.0 Å². The molecule has 1 amide bonds. The molecule has 1 aromatic heterocycles. The lowest BCUT2D eigenvalue weighted by Crippen LogP contribution is -2.62. The van der Waals surface area contributed by atoms with Gasteiger partial charge in [0.05, 0.1) is 6.20 Å². The first-order chi connectivity index (χ1) is 12.1. The van der Waals surface area contributed by atoms with Gasteiger partial charge < -0.3 is 5.32 Å². The van der Waals surface area contributed by atoms with Crippen LogP contribution in [-0.2, 0) is 0 Å². The molecule has 3 fully saturated rings. The molecule has 5 rings (SSSR count). The molecule has 0 aliphatic carbocycles. The monoisotopic (exact) mass is 393 g/mol. The predicted octanol–water partition coefficient (Wildman–Crippen LogP) is 4.16. The van der Waals surface area contributed by atoms with Gasteiger partial charge in [-0.2, -0.15) is 0 Å². The molecule has 1 N–H and O–H groups in total. The molecule has 1 aromatic carbocycles. The summed E-state index contributed by atoms with van der Waals surface area (Å²) in [5, 5.41) is 3.27. The summed E-state index contributed by atoms with van der Waals surface area (Å²) in [6.07, 6.45) is 4.05. The van der Waals surface area contributed by atoms with Crippen molar-refractivity contribution in [3.05, 3.63) is 40.4 Å². The molecule has 2 unspecified atom stereocenters. The van der Waals surface area contributed by atoms with Crippen LogP contribution in [0.4, 0.5) is 0 Å². The summed E-state index contributed by atoms with van der Waals surface area (Å²) in [6, 6.07) is 8.41. The van der Waals surface area contributed by atoms with E-state index in [1.165, 1.54) is 37.3 Å². The number of carbonyl (C=O) groups is 1. The Morgan fingerprint density at radius 3 is 2.64 bits per heavy atom. The summed E-state index contributed by atoms with van der Waals surface area (Å²) < 4.78 is 1.59. The number of benzene rings is 1. The number of thiazole rings is 1. The first-order valence-electron chi connectivity index (χ1n) is 8.54. The van der Waals surface area contributed by atoms with Crippen LogP contribution in [0, 0.1) is 5.92 Å². The average Bonchev–Trinajstić information content (AvgIpc) is 3.04. The molecule has 3 aliphatic heterocycles. The standard InChI is InChI=1S/C18H20ClN3OS2/c1-11-16(12-6-8-22(11)9-7-12)21-17(23)13-2-4-14(5-3-13)24-18-20-10-15(19)25-18/h2-5,10-12,16H,6-9H2,1H3,(H,21,23). The topological polar surface area (TPSA) is 45.2 Å². The molecule has 4 heterocycles. The van der Waals surface area contributed by atoms with E-state index in [0.29, 0.717) is 21.9 Å². The molecular weight excluding hydrogens is 374 g/mol. The highest BCUT2D eigenvalue weighted by Gasteiger charge is 2.40. The van der Waals surface area contributed by atoms with Gasteiger partial charge in [0, 0.05) is 22.5 Å². The Labute approximate surface area is 161 Å². The van der Waals surface area contributed by atoms with E-state index in [2.05, 4.69) is 22.1 Å². The third kappa shape index (κ3) is 3.72. The molecule has 2 aromatic rings. The van der Waals surface area contributed by atoms with Crippen LogP contribution in [0.15, 0.2) is 39.7 Å². The van der Waals surface area contributed by atoms with Crippen LogP contribution >= 0.6 is 34.7 Å². The molecule has 7 heteroatoms. The largest absolute Gasteiger partial charge is 0.347 e. The quantitative estimate of drug-likeness (QED) is 0.847. The van der Waals surface area contributed by atoms with Crippen LogP contribution in [0.5, 0.6) is 0 Å². The van der Waals surface area contributed by atoms with Crippen molar-refractivity contribution in [2.45, 2.75) is 41.1 Å². The Morgan fingerprint density at radius 2 is 2.04 bits per heavy atom. The van der Waals surface area contributed by atoms with Gasteiger partial charge in [-0.15, -0.1) is 0 Å². The number of fused-ring (bicyclic) bond motifs is 3. The van der Waals surface area contributed by atoms with Crippen LogP contribution in [0.3, 0.4) is 0 Å². The van der Waals surface area contributed by atoms with E-state index < -0.39 is 0 Å². The zero-order valence-electron chi connectivity index (χ0n) is 13.9. The number of carbonyl (C=O) groups excluding carboxylic acids is 1. The summed E-state index contributed by atoms with van der Waals surface area (Å²) in [7, 11) is 0. The predicted molar refractivity (Wildman–Crippen MR) is 103 cm³/mol. The first-order valence-corrected chi connectivity index (χ1v) is 10.6. The second-order valence-corrected chi connectivity index (χ2v) is 9.65. The van der Waals surface area contributed by atoms with Crippen LogP contribution in [0.25, 0.3) is 0 Å². The van der Waals surface area contributed by atoms with E-state index in [1.807, 2.05) is 24.3 Å². The average molecular weight is 394 g/mol. The highest BCUT2D eigenvalue weighted by molar-refractivity contribution is 8.01. The molecule has 0 radical (unpaired) electrons. The van der Waals surface area contributed by atoms with Crippen molar-refractivity contribution in [2.75, 3.05) is 13.1 Å². The summed E-state index contributed by atoms with van der Waals surface area (Å²) in [5.41, 5.74) is 0.713. The summed E-state index contributed by atoms with van der Waals surface area (Å²) in [6.45, 7) is 4.57. The second kappa shape index (κ2) is 7.27. The van der Waals surface area contributed by atoms with Gasteiger partial charge in [-0.05, 0) is 63.0 Å². The van der Waals surface area contributed by atoms with Crippen molar-refractivity contribution in [1.82, 2.24) is 15.2 Å². The van der Waals surface area contributed by atoms with Gasteiger partial charge >= 0.3 is 0 Å². The first kappa shape index (κ1) is 17.3. The van der Waals surface area contributed by atoms with Crippen LogP contribution < -0.4 is 5.32 Å². The fourth-order valence-corrected chi connectivity index (χ4v) is 5.93. The number of halogens is 1. The molecule has 0 spiro atoms. The van der Waals surface area contributed by atoms with E-state index >= 15 is 0 Å². The minimum absolute atomic E-state index is 0.0273. The zero-order valence-corrected chi connectivity index (χ0v) is 16.3. The van der Waals surface area contributed by atoms with Crippen LogP contribution in [-0.4, -0.2) is 41.0 Å². The number of amides is 1. The summed E-state index contributed by atoms with van der Waals surface area (Å²) in [5.74, 6) is 0.646. The number of aromatic nitrogens is 1. The number of piperidine rings is 3. The van der Waals surface area contributed by atoms with Gasteiger partial charge in [-0.3, -0.25) is 9.69 Å². The molecule has 2 bridgehead atoms. The SMILES string of the molecule is CC1C(NC(=O)c2ccc(Sc3ncc(Cl)s3)cc2)C2CCN1CC2. The second-order valence-electron chi connectivity index (χ2n) is 6.67. The Bertz CT molecular complexity index is 754. The van der Waals surface area contributed by atoms with Gasteiger partial charge in [-0.1, -0.05) is 34.7 Å². The Kier molecular flexibility index (Phi) is 5.04. The minimum atomic E-state index is 0.0273. The number of hydrogen-bond donors (Lipinski definition) is 1. The Hall–Kier alpha value is -1.08. The maximum absolute atomic E-state index is 12.6. The molecule has 3 aliphatic rings. The third-order valence-electron chi connectivity index (χ3n) is 5.25. The third-order valence-corrected chi connectivity index (χ3v) is 7.45. The number of nitrogens with zero attached hydrogens (tertiary/aromatic N) is 2. The molecule has 2 atom stereocenters. The van der Waals surface area contributed by atoms with E-state index in [4.69, 9.17) is 11.6 Å². The van der Waals surface area contributed by atoms with Gasteiger partial charge in [0.25, 0.3) is 5.91 Å². The van der Waals surface area contributed by atoms with E-state index in [-0.39, 0.29) is 11.9 Å². The van der Waals surface area contributed by atoms with Crippen molar-refractivity contribution < 1.29 is 4.79 Å². The van der Waals surface area contributed by atoms with Gasteiger partial charge in [0.15, 0.2) is 4.34 Å². The lowest BCUT2D eigenvalue weighted by Gasteiger charge is -2.49. The number of rotatable bonds is 4. The summed E-state index contributed by atoms with van der Waals surface area (Å²) >= 11 is 8.93. The van der Waals surface area contributed by atoms with Gasteiger partial charge in [0.2, 0.25) is 0 Å². The van der Waals surface area contributed by atoms with E-state index in [0.717, 1.165) is 9.24 Å². The number of nitrogens with one attached hydrogen (secondary N) is 1. The fourth-order valence-electron chi connectivity index (χ4n) is 3.84. The fraction of sp³-hybridized carbons (Fsp3) is 0.444. The lowest BCUT2D eigenvalue weighted by molar-refractivity contribution is 0.0217. The Morgan fingerprint density at radius 1 is 1.32 bits per heavy atom. The van der Waals surface area contributed by atoms with Crippen molar-refractivity contribution >= 4 is 40.6 Å². The van der Waals surface area contributed by atoms with Gasteiger partial charge in [-0.25, -0.2) is 4.98 Å². The van der Waals surface area contributed by atoms with Crippen molar-refractivity contribution in [3.63, 3.8) is 0 Å². The van der Waals surface area contributed by atoms with Crippen LogP contribution in [0.1, 0.15) is 30.1 Å². The maximum Gasteiger partial charge on any atom is 0.251 e. The molecular formula is C18H20ClN3OS2. The molecule has 25 heavy (non-hydrogen) atoms. The van der Waals surface area contributed by atoms with Gasteiger partial charge in [0.1, 0.15) is 4.34 Å². The minimum Gasteiger partial charge on any atom is -0.347 e. The highest BCUT2D eigenvalue weighted by Crippen LogP contribution is 2.34. The van der Waals surface area contributed by atoms with Crippen molar-refractivity contribution in [2.24, 2.45) is 5.92 Å². The Balaban J connectivity index is 1.40. The van der Waals surface area contributed by atoms with E-state index in [9.17, 15) is 4.79 Å². The lowest BCUT2D eigenvalue weighted by atomic mass is 9.79. The highest BCUT2D eigenvalue weighted by atomic mass is 35.5. The molecule has 4 nitrogen and oxygen atoms in total. The van der Waals surface area contributed by atoms with Crippen LogP contribution in [0.2, 0.25) is 4.34 Å². The normalized spacial score (nSPS) is 28.1. The van der Waals surface area contributed by atoms with Crippen molar-refractivity contribution in [3.8, 4) is 0 Å². The molecule has 132 valence electrons. The summed E-state index contributed by atoms with van der Waals surface area (Å²) in [4.78, 5) is 20.4. The molecule has 3 saturated heterocycles.